The van der Waals surface area contributed by atoms with Gasteiger partial charge in [0.15, 0.2) is 0 Å². The summed E-state index contributed by atoms with van der Waals surface area (Å²) in [4.78, 5) is 27.2. The molecule has 0 fully saturated rings. The smallest absolute Gasteiger partial charge is 0.272 e. The number of nitrogens with one attached hydrogen (secondary N) is 2. The fraction of sp³-hybridized carbons (Fsp3) is 0.158. The van der Waals surface area contributed by atoms with E-state index in [0.717, 1.165) is 16.9 Å². The monoisotopic (exact) mass is 350 g/mol. The third-order valence-electron chi connectivity index (χ3n) is 3.77. The molecule has 1 amide bonds. The zero-order chi connectivity index (χ0) is 18.4. The lowest BCUT2D eigenvalue weighted by molar-refractivity contribution is 0.0933. The normalized spacial score (nSPS) is 11.6. The van der Waals surface area contributed by atoms with Gasteiger partial charge in [0.2, 0.25) is 0 Å². The van der Waals surface area contributed by atoms with Crippen molar-refractivity contribution in [3.05, 3.63) is 88.1 Å². The van der Waals surface area contributed by atoms with Crippen molar-refractivity contribution >= 4 is 5.91 Å². The van der Waals surface area contributed by atoms with Gasteiger partial charge < -0.3 is 10.1 Å². The topological polar surface area (TPSA) is 97.0 Å². The van der Waals surface area contributed by atoms with Gasteiger partial charge in [0.05, 0.1) is 6.04 Å². The Hall–Kier alpha value is -3.48. The fourth-order valence-electron chi connectivity index (χ4n) is 2.33. The molecule has 2 heterocycles. The van der Waals surface area contributed by atoms with Crippen LogP contribution in [-0.4, -0.2) is 21.1 Å². The number of benzene rings is 1. The lowest BCUT2D eigenvalue weighted by atomic mass is 10.1. The molecule has 3 rings (SSSR count). The summed E-state index contributed by atoms with van der Waals surface area (Å²) in [6.45, 7) is 2.31. The standard InChI is InChI=1S/C19H18N4O3/c1-13(21-19(25)17-8-9-18(24)23-22-17)15-4-6-16(7-5-15)26-12-14-3-2-10-20-11-14/h2-11,13H,12H2,1H3,(H,21,25)(H,23,24). The van der Waals surface area contributed by atoms with E-state index >= 15 is 0 Å². The second-order valence-electron chi connectivity index (χ2n) is 5.72. The van der Waals surface area contributed by atoms with Gasteiger partial charge in [-0.05, 0) is 36.8 Å². The molecule has 0 spiro atoms. The first-order chi connectivity index (χ1) is 12.6. The van der Waals surface area contributed by atoms with Gasteiger partial charge in [0.25, 0.3) is 11.5 Å². The number of hydrogen-bond donors (Lipinski definition) is 2. The molecule has 7 heteroatoms. The summed E-state index contributed by atoms with van der Waals surface area (Å²) >= 11 is 0. The Labute approximate surface area is 150 Å². The molecule has 7 nitrogen and oxygen atoms in total. The van der Waals surface area contributed by atoms with Crippen LogP contribution in [0.25, 0.3) is 0 Å². The van der Waals surface area contributed by atoms with E-state index in [0.29, 0.717) is 6.61 Å². The molecule has 0 saturated carbocycles. The maximum Gasteiger partial charge on any atom is 0.272 e. The Kier molecular flexibility index (Phi) is 5.38. The third kappa shape index (κ3) is 4.54. The molecule has 0 saturated heterocycles. The van der Waals surface area contributed by atoms with E-state index < -0.39 is 0 Å². The minimum absolute atomic E-state index is 0.160. The van der Waals surface area contributed by atoms with Crippen LogP contribution < -0.4 is 15.6 Å². The number of hydrogen-bond acceptors (Lipinski definition) is 5. The van der Waals surface area contributed by atoms with Crippen molar-refractivity contribution in [2.24, 2.45) is 0 Å². The Morgan fingerprint density at radius 3 is 2.65 bits per heavy atom. The van der Waals surface area contributed by atoms with Crippen LogP contribution in [0.5, 0.6) is 5.75 Å². The summed E-state index contributed by atoms with van der Waals surface area (Å²) in [6.07, 6.45) is 3.48. The minimum atomic E-state index is -0.356. The number of ether oxygens (including phenoxy) is 1. The predicted molar refractivity (Wildman–Crippen MR) is 95.7 cm³/mol. The van der Waals surface area contributed by atoms with Crippen LogP contribution in [0.15, 0.2) is 65.7 Å². The molecule has 26 heavy (non-hydrogen) atoms. The molecule has 2 N–H and O–H groups in total. The van der Waals surface area contributed by atoms with E-state index in [9.17, 15) is 9.59 Å². The van der Waals surface area contributed by atoms with E-state index in [2.05, 4.69) is 20.5 Å². The summed E-state index contributed by atoms with van der Waals surface area (Å²) in [5.41, 5.74) is 1.73. The quantitative estimate of drug-likeness (QED) is 0.710. The van der Waals surface area contributed by atoms with Gasteiger partial charge in [-0.25, -0.2) is 5.10 Å². The average Bonchev–Trinajstić information content (AvgIpc) is 2.68. The maximum atomic E-state index is 12.1. The van der Waals surface area contributed by atoms with E-state index in [1.165, 1.54) is 12.1 Å². The first-order valence-electron chi connectivity index (χ1n) is 8.10. The number of carbonyl (C=O) groups excluding carboxylic acids is 1. The highest BCUT2D eigenvalue weighted by molar-refractivity contribution is 5.92. The highest BCUT2D eigenvalue weighted by Crippen LogP contribution is 2.18. The molecule has 0 aliphatic heterocycles. The molecule has 132 valence electrons. The molecule has 0 aliphatic carbocycles. The molecule has 1 aromatic carbocycles. The predicted octanol–water partition coefficient (Wildman–Crippen LogP) is 2.23. The summed E-state index contributed by atoms with van der Waals surface area (Å²) in [5, 5.41) is 8.80. The van der Waals surface area contributed by atoms with Crippen molar-refractivity contribution in [3.63, 3.8) is 0 Å². The molecular weight excluding hydrogens is 332 g/mol. The Morgan fingerprint density at radius 2 is 2.00 bits per heavy atom. The number of rotatable bonds is 6. The van der Waals surface area contributed by atoms with Gasteiger partial charge in [-0.2, -0.15) is 5.10 Å². The van der Waals surface area contributed by atoms with Crippen molar-refractivity contribution in [2.75, 3.05) is 0 Å². The second-order valence-corrected chi connectivity index (χ2v) is 5.72. The van der Waals surface area contributed by atoms with Crippen LogP contribution in [0.4, 0.5) is 0 Å². The molecule has 2 aromatic heterocycles. The van der Waals surface area contributed by atoms with Gasteiger partial charge >= 0.3 is 0 Å². The van der Waals surface area contributed by atoms with Crippen LogP contribution in [0.1, 0.15) is 34.6 Å². The number of H-pyrrole nitrogens is 1. The first-order valence-corrected chi connectivity index (χ1v) is 8.10. The molecule has 1 atom stereocenters. The maximum absolute atomic E-state index is 12.1. The highest BCUT2D eigenvalue weighted by Gasteiger charge is 2.13. The largest absolute Gasteiger partial charge is 0.489 e. The van der Waals surface area contributed by atoms with Gasteiger partial charge in [0.1, 0.15) is 18.1 Å². The number of aromatic amines is 1. The minimum Gasteiger partial charge on any atom is -0.489 e. The van der Waals surface area contributed by atoms with Gasteiger partial charge in [-0.15, -0.1) is 0 Å². The number of aromatic nitrogens is 3. The first kappa shape index (κ1) is 17.3. The number of amides is 1. The van der Waals surface area contributed by atoms with Crippen LogP contribution in [-0.2, 0) is 6.61 Å². The molecule has 1 unspecified atom stereocenters. The van der Waals surface area contributed by atoms with Crippen LogP contribution >= 0.6 is 0 Å². The average molecular weight is 350 g/mol. The lowest BCUT2D eigenvalue weighted by Gasteiger charge is -2.14. The van der Waals surface area contributed by atoms with Crippen LogP contribution in [0.3, 0.4) is 0 Å². The summed E-state index contributed by atoms with van der Waals surface area (Å²) in [6, 6.07) is 13.7. The van der Waals surface area contributed by atoms with Crippen molar-refractivity contribution in [3.8, 4) is 5.75 Å². The number of nitrogens with zero attached hydrogens (tertiary/aromatic N) is 2. The fourth-order valence-corrected chi connectivity index (χ4v) is 2.33. The van der Waals surface area contributed by atoms with Crippen LogP contribution in [0.2, 0.25) is 0 Å². The SMILES string of the molecule is CC(NC(=O)c1ccc(=O)[nH]n1)c1ccc(OCc2cccnc2)cc1. The summed E-state index contributed by atoms with van der Waals surface area (Å²) in [7, 11) is 0. The molecular formula is C19H18N4O3. The van der Waals surface area contributed by atoms with E-state index in [4.69, 9.17) is 4.74 Å². The van der Waals surface area contributed by atoms with Crippen molar-refractivity contribution in [1.29, 1.82) is 0 Å². The zero-order valence-corrected chi connectivity index (χ0v) is 14.2. The van der Waals surface area contributed by atoms with Crippen LogP contribution in [0, 0.1) is 0 Å². The Bertz CT molecular complexity index is 903. The Morgan fingerprint density at radius 1 is 1.19 bits per heavy atom. The zero-order valence-electron chi connectivity index (χ0n) is 14.2. The van der Waals surface area contributed by atoms with Gasteiger partial charge in [0, 0.05) is 24.0 Å². The molecule has 0 radical (unpaired) electrons. The van der Waals surface area contributed by atoms with Gasteiger partial charge in [-0.3, -0.25) is 14.6 Å². The van der Waals surface area contributed by atoms with E-state index in [1.54, 1.807) is 12.4 Å². The summed E-state index contributed by atoms with van der Waals surface area (Å²) < 4.78 is 5.72. The third-order valence-corrected chi connectivity index (χ3v) is 3.77. The second kappa shape index (κ2) is 8.06. The summed E-state index contributed by atoms with van der Waals surface area (Å²) in [5.74, 6) is 0.379. The van der Waals surface area contributed by atoms with Crippen molar-refractivity contribution in [1.82, 2.24) is 20.5 Å². The van der Waals surface area contributed by atoms with Crippen molar-refractivity contribution in [2.45, 2.75) is 19.6 Å². The van der Waals surface area contributed by atoms with E-state index in [1.807, 2.05) is 43.3 Å². The van der Waals surface area contributed by atoms with Crippen molar-refractivity contribution < 1.29 is 9.53 Å². The molecule has 0 aliphatic rings. The number of carbonyl (C=O) groups is 1. The Balaban J connectivity index is 1.58. The number of pyridine rings is 1. The highest BCUT2D eigenvalue weighted by atomic mass is 16.5. The van der Waals surface area contributed by atoms with Gasteiger partial charge in [-0.1, -0.05) is 18.2 Å². The lowest BCUT2D eigenvalue weighted by Crippen LogP contribution is -2.28. The van der Waals surface area contributed by atoms with E-state index in [-0.39, 0.29) is 23.2 Å². The molecule has 0 bridgehead atoms. The molecule has 3 aromatic rings.